The van der Waals surface area contributed by atoms with Gasteiger partial charge in [0.1, 0.15) is 5.57 Å². The predicted molar refractivity (Wildman–Crippen MR) is 152 cm³/mol. The molecule has 5 aromatic rings. The lowest BCUT2D eigenvalue weighted by Crippen LogP contribution is -2.54. The minimum atomic E-state index is -0.775. The normalized spacial score (nSPS) is 14.5. The van der Waals surface area contributed by atoms with Gasteiger partial charge in [0.15, 0.2) is 0 Å². The molecule has 6 rings (SSSR count). The van der Waals surface area contributed by atoms with E-state index in [0.717, 1.165) is 33.1 Å². The van der Waals surface area contributed by atoms with Crippen LogP contribution >= 0.6 is 0 Å². The van der Waals surface area contributed by atoms with E-state index >= 15 is 0 Å². The zero-order valence-corrected chi connectivity index (χ0v) is 20.8. The van der Waals surface area contributed by atoms with Crippen LogP contribution in [0.1, 0.15) is 5.56 Å². The van der Waals surface area contributed by atoms with Gasteiger partial charge in [-0.05, 0) is 47.5 Å². The molecule has 6 nitrogen and oxygen atoms in total. The van der Waals surface area contributed by atoms with Crippen LogP contribution in [0.15, 0.2) is 133 Å². The second-order valence-electron chi connectivity index (χ2n) is 9.03. The number of urea groups is 1. The topological polar surface area (TPSA) is 71.4 Å². The van der Waals surface area contributed by atoms with E-state index in [-0.39, 0.29) is 5.57 Å². The van der Waals surface area contributed by atoms with E-state index in [4.69, 9.17) is 0 Å². The second kappa shape index (κ2) is 10.1. The summed E-state index contributed by atoms with van der Waals surface area (Å²) in [5.74, 6) is -1.41. The molecule has 0 atom stereocenters. The first-order valence-corrected chi connectivity index (χ1v) is 12.5. The number of hydrogen-bond acceptors (Lipinski definition) is 3. The fraction of sp³-hybridized carbons (Fsp3) is 0. The number of benzene rings is 4. The van der Waals surface area contributed by atoms with Crippen molar-refractivity contribution >= 4 is 29.6 Å². The van der Waals surface area contributed by atoms with Crippen molar-refractivity contribution in [3.05, 3.63) is 139 Å². The molecule has 4 aromatic carbocycles. The number of amides is 4. The number of imide groups is 2. The molecule has 0 aliphatic carbocycles. The molecular formula is C33H23N3O3. The van der Waals surface area contributed by atoms with Gasteiger partial charge in [-0.15, -0.1) is 0 Å². The molecule has 1 aromatic heterocycles. The molecule has 4 amide bonds. The number of hydrogen-bond donors (Lipinski definition) is 1. The van der Waals surface area contributed by atoms with Crippen LogP contribution in [0.5, 0.6) is 0 Å². The summed E-state index contributed by atoms with van der Waals surface area (Å²) in [6.45, 7) is 0. The SMILES string of the molecule is O=C1NC(=O)N(c2ccccc2)C(=O)/C1=C\c1cc(-c2ccccc2)n(-c2ccccc2)c1-c1ccccc1. The van der Waals surface area contributed by atoms with E-state index < -0.39 is 17.8 Å². The van der Waals surface area contributed by atoms with Crippen LogP contribution in [0.2, 0.25) is 0 Å². The van der Waals surface area contributed by atoms with E-state index in [1.165, 1.54) is 0 Å². The lowest BCUT2D eigenvalue weighted by Gasteiger charge is -2.26. The Hall–Kier alpha value is -5.49. The smallest absolute Gasteiger partial charge is 0.309 e. The first-order chi connectivity index (χ1) is 19.1. The Bertz CT molecular complexity index is 1710. The second-order valence-corrected chi connectivity index (χ2v) is 9.03. The lowest BCUT2D eigenvalue weighted by atomic mass is 10.0. The van der Waals surface area contributed by atoms with Crippen molar-refractivity contribution in [3.63, 3.8) is 0 Å². The summed E-state index contributed by atoms with van der Waals surface area (Å²) in [7, 11) is 0. The molecule has 6 heteroatoms. The Balaban J connectivity index is 1.60. The molecule has 188 valence electrons. The average Bonchev–Trinajstić information content (AvgIpc) is 3.36. The largest absolute Gasteiger partial charge is 0.335 e. The van der Waals surface area contributed by atoms with Gasteiger partial charge in [-0.2, -0.15) is 0 Å². The molecule has 0 spiro atoms. The van der Waals surface area contributed by atoms with Gasteiger partial charge in [-0.1, -0.05) is 97.1 Å². The summed E-state index contributed by atoms with van der Waals surface area (Å²) in [6, 6.07) is 39.5. The van der Waals surface area contributed by atoms with E-state index in [1.54, 1.807) is 36.4 Å². The number of aromatic nitrogens is 1. The van der Waals surface area contributed by atoms with Gasteiger partial charge in [-0.25, -0.2) is 9.69 Å². The summed E-state index contributed by atoms with van der Waals surface area (Å²) in [5, 5.41) is 2.32. The highest BCUT2D eigenvalue weighted by Gasteiger charge is 2.37. The Kier molecular flexibility index (Phi) is 6.19. The van der Waals surface area contributed by atoms with E-state index in [9.17, 15) is 14.4 Å². The van der Waals surface area contributed by atoms with Gasteiger partial charge in [0, 0.05) is 11.3 Å². The first kappa shape index (κ1) is 23.9. The van der Waals surface area contributed by atoms with Crippen molar-refractivity contribution < 1.29 is 14.4 Å². The number of barbiturate groups is 1. The average molecular weight is 510 g/mol. The van der Waals surface area contributed by atoms with Crippen LogP contribution in [0.3, 0.4) is 0 Å². The van der Waals surface area contributed by atoms with Crippen molar-refractivity contribution in [1.29, 1.82) is 0 Å². The van der Waals surface area contributed by atoms with Crippen molar-refractivity contribution in [2.45, 2.75) is 0 Å². The summed E-state index contributed by atoms with van der Waals surface area (Å²) in [6.07, 6.45) is 1.58. The van der Waals surface area contributed by atoms with Gasteiger partial charge in [0.05, 0.1) is 17.1 Å². The Morgan fingerprint density at radius 2 is 1.10 bits per heavy atom. The van der Waals surface area contributed by atoms with Crippen molar-refractivity contribution in [2.24, 2.45) is 0 Å². The number of para-hydroxylation sites is 2. The van der Waals surface area contributed by atoms with Crippen LogP contribution in [0.25, 0.3) is 34.3 Å². The Morgan fingerprint density at radius 3 is 1.69 bits per heavy atom. The van der Waals surface area contributed by atoms with Crippen molar-refractivity contribution in [3.8, 4) is 28.2 Å². The molecule has 1 fully saturated rings. The van der Waals surface area contributed by atoms with Gasteiger partial charge in [0.2, 0.25) is 0 Å². The molecule has 1 aliphatic rings. The molecule has 1 N–H and O–H groups in total. The molecule has 0 unspecified atom stereocenters. The van der Waals surface area contributed by atoms with Gasteiger partial charge < -0.3 is 4.57 Å². The van der Waals surface area contributed by atoms with E-state index in [1.807, 2.05) is 97.1 Å². The number of nitrogens with zero attached hydrogens (tertiary/aromatic N) is 2. The van der Waals surface area contributed by atoms with Crippen LogP contribution in [0, 0.1) is 0 Å². The summed E-state index contributed by atoms with van der Waals surface area (Å²) >= 11 is 0. The highest BCUT2D eigenvalue weighted by Crippen LogP contribution is 2.37. The van der Waals surface area contributed by atoms with Crippen LogP contribution in [0.4, 0.5) is 10.5 Å². The zero-order valence-electron chi connectivity index (χ0n) is 20.8. The predicted octanol–water partition coefficient (Wildman–Crippen LogP) is 6.48. The quantitative estimate of drug-likeness (QED) is 0.218. The minimum Gasteiger partial charge on any atom is -0.309 e. The summed E-state index contributed by atoms with van der Waals surface area (Å²) in [4.78, 5) is 40.3. The Morgan fingerprint density at radius 1 is 0.590 bits per heavy atom. The first-order valence-electron chi connectivity index (χ1n) is 12.5. The number of anilines is 1. The zero-order chi connectivity index (χ0) is 26.8. The van der Waals surface area contributed by atoms with E-state index in [2.05, 4.69) is 9.88 Å². The molecule has 0 bridgehead atoms. The summed E-state index contributed by atoms with van der Waals surface area (Å²) < 4.78 is 2.13. The maximum Gasteiger partial charge on any atom is 0.335 e. The number of nitrogens with one attached hydrogen (secondary N) is 1. The summed E-state index contributed by atoms with van der Waals surface area (Å²) in [5.41, 5.74) is 5.46. The van der Waals surface area contributed by atoms with Crippen LogP contribution in [-0.2, 0) is 9.59 Å². The highest BCUT2D eigenvalue weighted by atomic mass is 16.2. The molecule has 2 heterocycles. The lowest BCUT2D eigenvalue weighted by molar-refractivity contribution is -0.122. The molecular weight excluding hydrogens is 486 g/mol. The Labute approximate surface area is 225 Å². The number of carbonyl (C=O) groups excluding carboxylic acids is 3. The van der Waals surface area contributed by atoms with Gasteiger partial charge in [0.25, 0.3) is 11.8 Å². The molecule has 1 saturated heterocycles. The molecule has 0 radical (unpaired) electrons. The third-order valence-electron chi connectivity index (χ3n) is 6.58. The van der Waals surface area contributed by atoms with Gasteiger partial charge in [-0.3, -0.25) is 14.9 Å². The van der Waals surface area contributed by atoms with Gasteiger partial charge >= 0.3 is 6.03 Å². The monoisotopic (exact) mass is 509 g/mol. The highest BCUT2D eigenvalue weighted by molar-refractivity contribution is 6.39. The van der Waals surface area contributed by atoms with Crippen LogP contribution in [-0.4, -0.2) is 22.4 Å². The maximum absolute atomic E-state index is 13.6. The van der Waals surface area contributed by atoms with Crippen molar-refractivity contribution in [1.82, 2.24) is 9.88 Å². The fourth-order valence-corrected chi connectivity index (χ4v) is 4.82. The molecule has 0 saturated carbocycles. The number of carbonyl (C=O) groups is 3. The molecule has 39 heavy (non-hydrogen) atoms. The number of rotatable bonds is 5. The maximum atomic E-state index is 13.6. The third kappa shape index (κ3) is 4.45. The minimum absolute atomic E-state index is 0.125. The third-order valence-corrected chi connectivity index (χ3v) is 6.58. The molecule has 1 aliphatic heterocycles. The van der Waals surface area contributed by atoms with E-state index in [0.29, 0.717) is 11.3 Å². The van der Waals surface area contributed by atoms with Crippen LogP contribution < -0.4 is 10.2 Å². The van der Waals surface area contributed by atoms with Crippen molar-refractivity contribution in [2.75, 3.05) is 4.90 Å². The standard InChI is InChI=1S/C33H23N3O3/c37-31-28(32(38)36(33(39)34-31)27-19-11-4-12-20-27)21-25-22-29(23-13-5-1-6-14-23)35(26-17-9-3-10-18-26)30(25)24-15-7-2-8-16-24/h1-22H,(H,34,37,39)/b28-21-. The fourth-order valence-electron chi connectivity index (χ4n) is 4.82.